The van der Waals surface area contributed by atoms with Crippen molar-refractivity contribution in [2.45, 2.75) is 11.1 Å². The Morgan fingerprint density at radius 1 is 1.00 bits per heavy atom. The number of ketones is 1. The Morgan fingerprint density at radius 2 is 1.62 bits per heavy atom. The lowest BCUT2D eigenvalue weighted by Gasteiger charge is -2.31. The number of nitrogens with one attached hydrogen (secondary N) is 1. The van der Waals surface area contributed by atoms with E-state index in [0.29, 0.717) is 10.1 Å². The molecule has 12 heteroatoms. The summed E-state index contributed by atoms with van der Waals surface area (Å²) in [7, 11) is -3.05. The van der Waals surface area contributed by atoms with Crippen LogP contribution in [0.5, 0.6) is 5.75 Å². The van der Waals surface area contributed by atoms with E-state index in [1.165, 1.54) is 55.6 Å². The van der Waals surface area contributed by atoms with Gasteiger partial charge in [0.05, 0.1) is 17.6 Å². The Bertz CT molecular complexity index is 1500. The fraction of sp³-hybridized carbons (Fsp3) is 0.120. The van der Waals surface area contributed by atoms with E-state index in [1.54, 1.807) is 0 Å². The Morgan fingerprint density at radius 3 is 2.22 bits per heavy atom. The fourth-order valence-electron chi connectivity index (χ4n) is 3.71. The second-order valence-electron chi connectivity index (χ2n) is 7.89. The van der Waals surface area contributed by atoms with E-state index in [2.05, 4.69) is 5.32 Å². The molecular formula is C25H19F3N2O6S. The smallest absolute Gasteiger partial charge is 0.416 e. The molecule has 0 bridgehead atoms. The number of carbonyl (C=O) groups is 2. The summed E-state index contributed by atoms with van der Waals surface area (Å²) in [4.78, 5) is 25.8. The molecule has 0 saturated heterocycles. The van der Waals surface area contributed by atoms with Crippen LogP contribution in [0.3, 0.4) is 0 Å². The first kappa shape index (κ1) is 25.8. The van der Waals surface area contributed by atoms with E-state index in [0.717, 1.165) is 24.3 Å². The summed E-state index contributed by atoms with van der Waals surface area (Å²) in [6.45, 7) is -0.932. The number of nitrogens with zero attached hydrogens (tertiary/aromatic N) is 1. The highest BCUT2D eigenvalue weighted by Gasteiger charge is 2.42. The topological polar surface area (TPSA) is 113 Å². The van der Waals surface area contributed by atoms with Crippen molar-refractivity contribution < 1.29 is 41.0 Å². The normalized spacial score (nSPS) is 16.1. The van der Waals surface area contributed by atoms with Crippen molar-refractivity contribution in [1.82, 2.24) is 4.31 Å². The van der Waals surface area contributed by atoms with E-state index >= 15 is 0 Å². The number of fused-ring (bicyclic) bond motifs is 1. The van der Waals surface area contributed by atoms with Crippen LogP contribution in [-0.2, 0) is 21.0 Å². The van der Waals surface area contributed by atoms with Gasteiger partial charge in [0, 0.05) is 16.8 Å². The molecule has 8 nitrogen and oxygen atoms in total. The third kappa shape index (κ3) is 5.00. The van der Waals surface area contributed by atoms with Gasteiger partial charge in [-0.1, -0.05) is 12.1 Å². The van der Waals surface area contributed by atoms with Gasteiger partial charge in [-0.2, -0.15) is 13.2 Å². The van der Waals surface area contributed by atoms with E-state index < -0.39 is 51.5 Å². The van der Waals surface area contributed by atoms with Crippen molar-refractivity contribution in [3.8, 4) is 5.75 Å². The molecule has 0 radical (unpaired) electrons. The second kappa shape index (κ2) is 9.62. The number of hydrogen-bond donors (Lipinski definition) is 2. The molecule has 3 aromatic rings. The maximum absolute atomic E-state index is 13.4. The van der Waals surface area contributed by atoms with E-state index in [4.69, 9.17) is 4.74 Å². The van der Waals surface area contributed by atoms with E-state index in [-0.39, 0.29) is 21.7 Å². The van der Waals surface area contributed by atoms with Crippen molar-refractivity contribution in [2.75, 3.05) is 19.0 Å². The number of sulfonamides is 1. The molecule has 1 aliphatic rings. The number of aliphatic hydroxyl groups excluding tert-OH is 1. The van der Waals surface area contributed by atoms with Gasteiger partial charge in [0.25, 0.3) is 10.0 Å². The molecule has 37 heavy (non-hydrogen) atoms. The van der Waals surface area contributed by atoms with Crippen molar-refractivity contribution in [3.05, 3.63) is 95.2 Å². The van der Waals surface area contributed by atoms with E-state index in [1.807, 2.05) is 0 Å². The largest absolute Gasteiger partial charge is 0.505 e. The molecule has 0 aliphatic carbocycles. The lowest BCUT2D eigenvalue weighted by molar-refractivity contribution is -0.137. The number of alkyl halides is 3. The van der Waals surface area contributed by atoms with Crippen LogP contribution in [0, 0.1) is 0 Å². The number of aliphatic hydroxyl groups is 1. The fourth-order valence-corrected chi connectivity index (χ4v) is 5.33. The molecule has 1 amide bonds. The van der Waals surface area contributed by atoms with Gasteiger partial charge in [-0.05, 0) is 60.7 Å². The number of carbonyl (C=O) groups excluding carboxylic acids is 2. The summed E-state index contributed by atoms with van der Waals surface area (Å²) in [6.07, 6.45) is -4.57. The highest BCUT2D eigenvalue weighted by atomic mass is 32.2. The molecule has 0 spiro atoms. The lowest BCUT2D eigenvalue weighted by Crippen LogP contribution is -2.43. The monoisotopic (exact) mass is 532 g/mol. The first-order chi connectivity index (χ1) is 17.4. The molecule has 4 rings (SSSR count). The van der Waals surface area contributed by atoms with Crippen molar-refractivity contribution in [1.29, 1.82) is 0 Å². The predicted molar refractivity (Wildman–Crippen MR) is 127 cm³/mol. The predicted octanol–water partition coefficient (Wildman–Crippen LogP) is 4.47. The van der Waals surface area contributed by atoms with Crippen LogP contribution in [0.2, 0.25) is 0 Å². The van der Waals surface area contributed by atoms with Crippen LogP contribution >= 0.6 is 0 Å². The van der Waals surface area contributed by atoms with Crippen LogP contribution in [0.1, 0.15) is 21.5 Å². The highest BCUT2D eigenvalue weighted by molar-refractivity contribution is 7.89. The minimum absolute atomic E-state index is 0.0240. The van der Waals surface area contributed by atoms with Crippen LogP contribution in [0.25, 0.3) is 5.76 Å². The number of ether oxygens (including phenoxy) is 1. The zero-order valence-electron chi connectivity index (χ0n) is 19.1. The number of anilines is 1. The third-order valence-corrected chi connectivity index (χ3v) is 7.34. The van der Waals surface area contributed by atoms with Gasteiger partial charge in [-0.25, -0.2) is 12.7 Å². The molecule has 0 fully saturated rings. The SMILES string of the molecule is COc1ccc(/C(O)=C2/C(=O)c3ccccc3S(=O)(=O)N2CC(=O)Nc2ccc(C(F)(F)F)cc2)cc1. The molecule has 0 unspecified atom stereocenters. The third-order valence-electron chi connectivity index (χ3n) is 5.54. The van der Waals surface area contributed by atoms with Crippen LogP contribution in [0.15, 0.2) is 83.4 Å². The maximum atomic E-state index is 13.4. The van der Waals surface area contributed by atoms with Crippen molar-refractivity contribution in [3.63, 3.8) is 0 Å². The minimum atomic E-state index is -4.57. The molecule has 1 aliphatic heterocycles. The first-order valence-electron chi connectivity index (χ1n) is 10.6. The van der Waals surface area contributed by atoms with Gasteiger partial charge in [-0.15, -0.1) is 0 Å². The van der Waals surface area contributed by atoms with Crippen molar-refractivity contribution >= 4 is 33.2 Å². The van der Waals surface area contributed by atoms with Gasteiger partial charge >= 0.3 is 6.18 Å². The summed E-state index contributed by atoms with van der Waals surface area (Å²) in [5, 5.41) is 13.3. The summed E-state index contributed by atoms with van der Waals surface area (Å²) in [5.41, 5.74) is -1.69. The number of rotatable bonds is 5. The summed E-state index contributed by atoms with van der Waals surface area (Å²) < 4.78 is 70.9. The van der Waals surface area contributed by atoms with E-state index in [9.17, 15) is 36.3 Å². The molecule has 0 atom stereocenters. The maximum Gasteiger partial charge on any atom is 0.416 e. The summed E-state index contributed by atoms with van der Waals surface area (Å²) in [6, 6.07) is 14.7. The second-order valence-corrected chi connectivity index (χ2v) is 9.72. The van der Waals surface area contributed by atoms with Crippen LogP contribution in [-0.4, -0.2) is 43.2 Å². The van der Waals surface area contributed by atoms with Gasteiger partial charge in [-0.3, -0.25) is 9.59 Å². The number of Topliss-reactive ketones (excluding diaryl/α,β-unsaturated/α-hetero) is 1. The van der Waals surface area contributed by atoms with Crippen LogP contribution < -0.4 is 10.1 Å². The zero-order valence-corrected chi connectivity index (χ0v) is 19.9. The van der Waals surface area contributed by atoms with Gasteiger partial charge < -0.3 is 15.2 Å². The van der Waals surface area contributed by atoms with Crippen molar-refractivity contribution in [2.24, 2.45) is 0 Å². The Kier molecular flexibility index (Phi) is 6.70. The number of methoxy groups -OCH3 is 1. The molecular weight excluding hydrogens is 513 g/mol. The average Bonchev–Trinajstić information content (AvgIpc) is 2.87. The van der Waals surface area contributed by atoms with Crippen LogP contribution in [0.4, 0.5) is 18.9 Å². The first-order valence-corrected chi connectivity index (χ1v) is 12.1. The Balaban J connectivity index is 1.74. The quantitative estimate of drug-likeness (QED) is 0.371. The van der Waals surface area contributed by atoms with Gasteiger partial charge in [0.1, 0.15) is 18.0 Å². The summed E-state index contributed by atoms with van der Waals surface area (Å²) >= 11 is 0. The molecule has 0 saturated carbocycles. The van der Waals surface area contributed by atoms with Gasteiger partial charge in [0.15, 0.2) is 5.76 Å². The molecule has 192 valence electrons. The zero-order chi connectivity index (χ0) is 27.0. The molecule has 3 aromatic carbocycles. The molecule has 1 heterocycles. The molecule has 2 N–H and O–H groups in total. The average molecular weight is 532 g/mol. The number of hydrogen-bond acceptors (Lipinski definition) is 6. The number of allylic oxidation sites excluding steroid dienone is 1. The number of amides is 1. The minimum Gasteiger partial charge on any atom is -0.505 e. The Labute approximate surface area is 209 Å². The van der Waals surface area contributed by atoms with Gasteiger partial charge in [0.2, 0.25) is 11.7 Å². The molecule has 0 aromatic heterocycles. The summed E-state index contributed by atoms with van der Waals surface area (Å²) in [5.74, 6) is -2.02. The standard InChI is InChI=1S/C25H19F3N2O6S/c1-36-18-12-6-15(7-13-18)23(32)22-24(33)19-4-2-3-5-20(19)37(34,35)30(22)14-21(31)29-17-10-8-16(9-11-17)25(26,27)28/h2-13,32H,14H2,1H3,(H,29,31)/b23-22+. The number of halogens is 3. The highest BCUT2D eigenvalue weighted by Crippen LogP contribution is 2.36. The number of benzene rings is 3. The Hall–Kier alpha value is -4.32. The lowest BCUT2D eigenvalue weighted by atomic mass is 10.0.